The lowest BCUT2D eigenvalue weighted by atomic mass is 10.2. The van der Waals surface area contributed by atoms with Gasteiger partial charge in [-0.15, -0.1) is 0 Å². The van der Waals surface area contributed by atoms with Gasteiger partial charge in [0.2, 0.25) is 0 Å². The molecule has 2 N–H and O–H groups in total. The molecule has 0 heterocycles. The third kappa shape index (κ3) is 4.48. The number of nitrogens with zero attached hydrogens (tertiary/aromatic N) is 2. The first-order chi connectivity index (χ1) is 10.6. The summed E-state index contributed by atoms with van der Waals surface area (Å²) in [5.41, 5.74) is 6.91. The summed E-state index contributed by atoms with van der Waals surface area (Å²) in [6, 6.07) is 13.7. The average Bonchev–Trinajstić information content (AvgIpc) is 2.52. The van der Waals surface area contributed by atoms with Crippen molar-refractivity contribution < 1.29 is 5.11 Å². The van der Waals surface area contributed by atoms with Gasteiger partial charge >= 0.3 is 0 Å². The molecule has 2 aromatic rings. The summed E-state index contributed by atoms with van der Waals surface area (Å²) in [5.74, 6) is 0. The largest absolute Gasteiger partial charge is 0.395 e. The van der Waals surface area contributed by atoms with E-state index in [1.807, 2.05) is 61.3 Å². The Morgan fingerprint density at radius 2 is 1.95 bits per heavy atom. The summed E-state index contributed by atoms with van der Waals surface area (Å²) in [6.07, 6.45) is 1.75. The minimum atomic E-state index is 0.142. The van der Waals surface area contributed by atoms with Crippen molar-refractivity contribution in [2.75, 3.05) is 30.5 Å². The van der Waals surface area contributed by atoms with Gasteiger partial charge in [0.25, 0.3) is 0 Å². The minimum absolute atomic E-state index is 0.142. The summed E-state index contributed by atoms with van der Waals surface area (Å²) in [5, 5.41) is 13.9. The third-order valence-electron chi connectivity index (χ3n) is 3.35. The molecule has 4 nitrogen and oxygen atoms in total. The van der Waals surface area contributed by atoms with Gasteiger partial charge in [-0.3, -0.25) is 5.43 Å². The molecule has 0 aliphatic heterocycles. The average molecular weight is 318 g/mol. The molecular formula is C17H20ClN3O. The van der Waals surface area contributed by atoms with Crippen LogP contribution in [0.4, 0.5) is 11.4 Å². The lowest BCUT2D eigenvalue weighted by molar-refractivity contribution is 0.304. The second-order valence-corrected chi connectivity index (χ2v) is 5.48. The van der Waals surface area contributed by atoms with Crippen molar-refractivity contribution in [3.05, 3.63) is 58.6 Å². The second-order valence-electron chi connectivity index (χ2n) is 5.07. The van der Waals surface area contributed by atoms with Crippen LogP contribution >= 0.6 is 11.6 Å². The Hall–Kier alpha value is -2.04. The summed E-state index contributed by atoms with van der Waals surface area (Å²) in [4.78, 5) is 1.99. The number of hydrazone groups is 1. The van der Waals surface area contributed by atoms with Crippen LogP contribution < -0.4 is 10.3 Å². The van der Waals surface area contributed by atoms with Gasteiger partial charge < -0.3 is 10.0 Å². The van der Waals surface area contributed by atoms with Crippen LogP contribution in [0.5, 0.6) is 0 Å². The zero-order valence-electron chi connectivity index (χ0n) is 12.8. The van der Waals surface area contributed by atoms with E-state index in [1.54, 1.807) is 6.21 Å². The van der Waals surface area contributed by atoms with Crippen molar-refractivity contribution in [2.24, 2.45) is 5.10 Å². The molecule has 22 heavy (non-hydrogen) atoms. The van der Waals surface area contributed by atoms with Crippen molar-refractivity contribution in [1.29, 1.82) is 0 Å². The smallest absolute Gasteiger partial charge is 0.0606 e. The molecule has 0 atom stereocenters. The lowest BCUT2D eigenvalue weighted by Crippen LogP contribution is -2.20. The molecule has 0 radical (unpaired) electrons. The van der Waals surface area contributed by atoms with Crippen molar-refractivity contribution >= 4 is 29.2 Å². The van der Waals surface area contributed by atoms with Crippen LogP contribution in [0.15, 0.2) is 47.6 Å². The van der Waals surface area contributed by atoms with Crippen molar-refractivity contribution in [1.82, 2.24) is 0 Å². The standard InChI is InChI=1S/C17H20ClN3O/c1-13-3-6-15(11-17(13)18)20-19-12-14-4-7-16(8-5-14)21(2)9-10-22/h3-8,11-12,20,22H,9-10H2,1-2H3/b19-12-. The first-order valence-electron chi connectivity index (χ1n) is 7.07. The molecule has 0 aliphatic rings. The molecule has 0 bridgehead atoms. The van der Waals surface area contributed by atoms with Gasteiger partial charge in [0.05, 0.1) is 18.5 Å². The molecular weight excluding hydrogens is 298 g/mol. The summed E-state index contributed by atoms with van der Waals surface area (Å²) in [6.45, 7) is 2.72. The molecule has 0 amide bonds. The molecule has 0 saturated heterocycles. The predicted molar refractivity (Wildman–Crippen MR) is 94.2 cm³/mol. The number of aliphatic hydroxyl groups is 1. The fourth-order valence-electron chi connectivity index (χ4n) is 1.94. The first kappa shape index (κ1) is 16.3. The highest BCUT2D eigenvalue weighted by molar-refractivity contribution is 6.31. The number of hydrogen-bond acceptors (Lipinski definition) is 4. The number of anilines is 2. The minimum Gasteiger partial charge on any atom is -0.395 e. The van der Waals surface area contributed by atoms with Crippen molar-refractivity contribution in [2.45, 2.75) is 6.92 Å². The number of halogens is 1. The molecule has 0 saturated carbocycles. The van der Waals surface area contributed by atoms with E-state index < -0.39 is 0 Å². The number of benzene rings is 2. The molecule has 0 unspecified atom stereocenters. The van der Waals surface area contributed by atoms with E-state index in [2.05, 4.69) is 10.5 Å². The highest BCUT2D eigenvalue weighted by atomic mass is 35.5. The summed E-state index contributed by atoms with van der Waals surface area (Å²) < 4.78 is 0. The first-order valence-corrected chi connectivity index (χ1v) is 7.45. The second kappa shape index (κ2) is 7.82. The number of rotatable bonds is 6. The van der Waals surface area contributed by atoms with Crippen LogP contribution in [0.3, 0.4) is 0 Å². The van der Waals surface area contributed by atoms with Gasteiger partial charge in [0, 0.05) is 24.3 Å². The van der Waals surface area contributed by atoms with Crippen LogP contribution in [0.2, 0.25) is 5.02 Å². The van der Waals surface area contributed by atoms with Crippen molar-refractivity contribution in [3.63, 3.8) is 0 Å². The topological polar surface area (TPSA) is 47.9 Å². The Balaban J connectivity index is 1.96. The highest BCUT2D eigenvalue weighted by Gasteiger charge is 1.99. The van der Waals surface area contributed by atoms with Crippen LogP contribution in [0, 0.1) is 6.92 Å². The maximum atomic E-state index is 8.93. The van der Waals surface area contributed by atoms with E-state index in [0.717, 1.165) is 27.5 Å². The molecule has 2 aromatic carbocycles. The van der Waals surface area contributed by atoms with Gasteiger partial charge in [0.1, 0.15) is 0 Å². The predicted octanol–water partition coefficient (Wildman–Crippen LogP) is 3.52. The SMILES string of the molecule is Cc1ccc(N/N=C\c2ccc(N(C)CCO)cc2)cc1Cl. The number of aliphatic hydroxyl groups excluding tert-OH is 1. The lowest BCUT2D eigenvalue weighted by Gasteiger charge is -2.17. The van der Waals surface area contributed by atoms with Crippen LogP contribution in [0.25, 0.3) is 0 Å². The molecule has 116 valence electrons. The van der Waals surface area contributed by atoms with Gasteiger partial charge in [-0.1, -0.05) is 29.8 Å². The fraction of sp³-hybridized carbons (Fsp3) is 0.235. The molecule has 0 fully saturated rings. The van der Waals surface area contributed by atoms with Crippen LogP contribution in [-0.2, 0) is 0 Å². The fourth-order valence-corrected chi connectivity index (χ4v) is 2.12. The Bertz CT molecular complexity index is 641. The van der Waals surface area contributed by atoms with Gasteiger partial charge in [0.15, 0.2) is 0 Å². The highest BCUT2D eigenvalue weighted by Crippen LogP contribution is 2.19. The number of aryl methyl sites for hydroxylation is 1. The van der Waals surface area contributed by atoms with Crippen molar-refractivity contribution in [3.8, 4) is 0 Å². The third-order valence-corrected chi connectivity index (χ3v) is 3.76. The molecule has 0 aromatic heterocycles. The Morgan fingerprint density at radius 1 is 1.23 bits per heavy atom. The maximum absolute atomic E-state index is 8.93. The Kier molecular flexibility index (Phi) is 5.81. The van der Waals surface area contributed by atoms with Gasteiger partial charge in [-0.25, -0.2) is 0 Å². The quantitative estimate of drug-likeness (QED) is 0.633. The number of likely N-dealkylation sites (N-methyl/N-ethyl adjacent to an activating group) is 1. The molecule has 5 heteroatoms. The Morgan fingerprint density at radius 3 is 2.59 bits per heavy atom. The van der Waals surface area contributed by atoms with E-state index in [0.29, 0.717) is 6.54 Å². The zero-order valence-corrected chi connectivity index (χ0v) is 13.5. The zero-order chi connectivity index (χ0) is 15.9. The van der Waals surface area contributed by atoms with Crippen LogP contribution in [-0.4, -0.2) is 31.5 Å². The van der Waals surface area contributed by atoms with E-state index in [1.165, 1.54) is 0 Å². The van der Waals surface area contributed by atoms with E-state index in [4.69, 9.17) is 16.7 Å². The monoisotopic (exact) mass is 317 g/mol. The number of nitrogens with one attached hydrogen (secondary N) is 1. The Labute approximate surface area is 136 Å². The summed E-state index contributed by atoms with van der Waals surface area (Å²) >= 11 is 6.07. The molecule has 0 spiro atoms. The number of hydrogen-bond donors (Lipinski definition) is 2. The van der Waals surface area contributed by atoms with Gasteiger partial charge in [-0.05, 0) is 42.3 Å². The summed E-state index contributed by atoms with van der Waals surface area (Å²) in [7, 11) is 1.95. The van der Waals surface area contributed by atoms with Crippen LogP contribution in [0.1, 0.15) is 11.1 Å². The normalized spacial score (nSPS) is 10.9. The van der Waals surface area contributed by atoms with E-state index in [9.17, 15) is 0 Å². The van der Waals surface area contributed by atoms with E-state index in [-0.39, 0.29) is 6.61 Å². The molecule has 2 rings (SSSR count). The maximum Gasteiger partial charge on any atom is 0.0606 e. The molecule has 0 aliphatic carbocycles. The van der Waals surface area contributed by atoms with E-state index >= 15 is 0 Å². The van der Waals surface area contributed by atoms with Gasteiger partial charge in [-0.2, -0.15) is 5.10 Å².